The molecule has 0 radical (unpaired) electrons. The Kier molecular flexibility index (Phi) is 12.5. The molecule has 0 unspecified atom stereocenters. The lowest BCUT2D eigenvalue weighted by Crippen LogP contribution is -2.43. The van der Waals surface area contributed by atoms with E-state index >= 15 is 0 Å². The second kappa shape index (κ2) is 13.7. The van der Waals surface area contributed by atoms with Gasteiger partial charge in [0, 0.05) is 36.5 Å². The highest BCUT2D eigenvalue weighted by molar-refractivity contribution is 14.0. The largest absolute Gasteiger partial charge is 0.383 e. The Balaban J connectivity index is 0.00000338. The Hall–Kier alpha value is -0.380. The number of nitrogens with one attached hydrogen (secondary N) is 2. The smallest absolute Gasteiger partial charge is 0.191 e. The number of thiophene rings is 1. The predicted molar refractivity (Wildman–Crippen MR) is 123 cm³/mol. The number of guanidine groups is 1. The highest BCUT2D eigenvalue weighted by atomic mass is 127. The van der Waals surface area contributed by atoms with Crippen LogP contribution in [-0.4, -0.2) is 57.3 Å². The van der Waals surface area contributed by atoms with Gasteiger partial charge < -0.3 is 20.3 Å². The van der Waals surface area contributed by atoms with Crippen LogP contribution in [0.1, 0.15) is 36.4 Å². The normalized spacial score (nSPS) is 16.3. The molecule has 0 spiro atoms. The van der Waals surface area contributed by atoms with Crippen molar-refractivity contribution in [3.8, 4) is 0 Å². The van der Waals surface area contributed by atoms with E-state index in [2.05, 4.69) is 41.5 Å². The molecule has 7 heteroatoms. The molecule has 5 nitrogen and oxygen atoms in total. The number of ether oxygens (including phenoxy) is 1. The lowest BCUT2D eigenvalue weighted by atomic mass is 9.97. The standard InChI is InChI=1S/C19H34N4OS.HI/c1-4-17-6-7-18(25-17)15-22-19(20-5-2)21-14-16-8-10-23(11-9-16)12-13-24-3;/h6-7,16H,4-5,8-15H2,1-3H3,(H2,20,21,22);1H. The van der Waals surface area contributed by atoms with Crippen LogP contribution in [0.5, 0.6) is 0 Å². The maximum Gasteiger partial charge on any atom is 0.191 e. The van der Waals surface area contributed by atoms with E-state index in [4.69, 9.17) is 9.73 Å². The average molecular weight is 494 g/mol. The third-order valence-electron chi connectivity index (χ3n) is 4.68. The SMILES string of the molecule is CCNC(=NCc1ccc(CC)s1)NCC1CCN(CCOC)CC1.I. The highest BCUT2D eigenvalue weighted by Crippen LogP contribution is 2.18. The van der Waals surface area contributed by atoms with Gasteiger partial charge in [-0.1, -0.05) is 6.92 Å². The summed E-state index contributed by atoms with van der Waals surface area (Å²) in [6.45, 7) is 11.2. The minimum Gasteiger partial charge on any atom is -0.383 e. The maximum absolute atomic E-state index is 5.17. The van der Waals surface area contributed by atoms with Crippen molar-refractivity contribution in [2.24, 2.45) is 10.9 Å². The Morgan fingerprint density at radius 3 is 2.58 bits per heavy atom. The van der Waals surface area contributed by atoms with E-state index in [0.29, 0.717) is 0 Å². The Labute approximate surface area is 180 Å². The number of hydrogen-bond donors (Lipinski definition) is 2. The van der Waals surface area contributed by atoms with E-state index in [0.717, 1.165) is 51.1 Å². The van der Waals surface area contributed by atoms with Crippen molar-refractivity contribution < 1.29 is 4.74 Å². The first kappa shape index (κ1) is 23.7. The van der Waals surface area contributed by atoms with Crippen LogP contribution in [0.2, 0.25) is 0 Å². The van der Waals surface area contributed by atoms with Gasteiger partial charge in [0.05, 0.1) is 13.2 Å². The molecule has 2 N–H and O–H groups in total. The summed E-state index contributed by atoms with van der Waals surface area (Å²) in [5.74, 6) is 1.67. The zero-order valence-corrected chi connectivity index (χ0v) is 19.6. The summed E-state index contributed by atoms with van der Waals surface area (Å²) >= 11 is 1.87. The molecule has 1 fully saturated rings. The highest BCUT2D eigenvalue weighted by Gasteiger charge is 2.18. The van der Waals surface area contributed by atoms with Crippen LogP contribution in [0.3, 0.4) is 0 Å². The zero-order chi connectivity index (χ0) is 17.9. The van der Waals surface area contributed by atoms with Gasteiger partial charge >= 0.3 is 0 Å². The number of rotatable bonds is 9. The van der Waals surface area contributed by atoms with E-state index in [1.54, 1.807) is 7.11 Å². The summed E-state index contributed by atoms with van der Waals surface area (Å²) in [6.07, 6.45) is 3.61. The summed E-state index contributed by atoms with van der Waals surface area (Å²) < 4.78 is 5.17. The monoisotopic (exact) mass is 494 g/mol. The molecule has 0 aliphatic carbocycles. The van der Waals surface area contributed by atoms with Gasteiger partial charge in [0.2, 0.25) is 0 Å². The van der Waals surface area contributed by atoms with Crippen molar-refractivity contribution in [3.05, 3.63) is 21.9 Å². The number of hydrogen-bond acceptors (Lipinski definition) is 4. The van der Waals surface area contributed by atoms with Crippen LogP contribution in [-0.2, 0) is 17.7 Å². The van der Waals surface area contributed by atoms with Gasteiger partial charge in [-0.05, 0) is 57.3 Å². The molecular formula is C19H35IN4OS. The zero-order valence-electron chi connectivity index (χ0n) is 16.4. The van der Waals surface area contributed by atoms with Crippen LogP contribution < -0.4 is 10.6 Å². The lowest BCUT2D eigenvalue weighted by molar-refractivity contribution is 0.121. The molecule has 1 aromatic heterocycles. The summed E-state index contributed by atoms with van der Waals surface area (Å²) in [7, 11) is 1.78. The first-order valence-electron chi connectivity index (χ1n) is 9.56. The maximum atomic E-state index is 5.17. The van der Waals surface area contributed by atoms with E-state index in [1.807, 2.05) is 11.3 Å². The molecule has 2 heterocycles. The van der Waals surface area contributed by atoms with Crippen molar-refractivity contribution in [1.82, 2.24) is 15.5 Å². The molecule has 1 saturated heterocycles. The summed E-state index contributed by atoms with van der Waals surface area (Å²) in [6, 6.07) is 4.42. The van der Waals surface area contributed by atoms with Crippen LogP contribution >= 0.6 is 35.3 Å². The van der Waals surface area contributed by atoms with Gasteiger partial charge in [-0.15, -0.1) is 35.3 Å². The molecule has 26 heavy (non-hydrogen) atoms. The molecule has 1 aromatic rings. The van der Waals surface area contributed by atoms with Crippen LogP contribution in [0.25, 0.3) is 0 Å². The number of aliphatic imine (C=N–C) groups is 1. The van der Waals surface area contributed by atoms with Crippen LogP contribution in [0, 0.1) is 5.92 Å². The number of nitrogens with zero attached hydrogens (tertiary/aromatic N) is 2. The fraction of sp³-hybridized carbons (Fsp3) is 0.737. The first-order chi connectivity index (χ1) is 12.2. The fourth-order valence-electron chi connectivity index (χ4n) is 3.07. The summed E-state index contributed by atoms with van der Waals surface area (Å²) in [4.78, 5) is 10.0. The topological polar surface area (TPSA) is 48.9 Å². The van der Waals surface area contributed by atoms with E-state index in [1.165, 1.54) is 35.7 Å². The number of methoxy groups -OCH3 is 1. The first-order valence-corrected chi connectivity index (χ1v) is 10.4. The van der Waals surface area contributed by atoms with Crippen molar-refractivity contribution >= 4 is 41.3 Å². The fourth-order valence-corrected chi connectivity index (χ4v) is 3.95. The van der Waals surface area contributed by atoms with Crippen molar-refractivity contribution in [2.75, 3.05) is 46.4 Å². The van der Waals surface area contributed by atoms with Gasteiger partial charge in [0.15, 0.2) is 5.96 Å². The van der Waals surface area contributed by atoms with Gasteiger partial charge in [0.1, 0.15) is 0 Å². The molecular weight excluding hydrogens is 459 g/mol. The number of aryl methyl sites for hydroxylation is 1. The Morgan fingerprint density at radius 2 is 1.96 bits per heavy atom. The minimum absolute atomic E-state index is 0. The molecule has 0 saturated carbocycles. The summed E-state index contributed by atoms with van der Waals surface area (Å²) in [5.41, 5.74) is 0. The average Bonchev–Trinajstić information content (AvgIpc) is 3.11. The molecule has 1 aliphatic rings. The lowest BCUT2D eigenvalue weighted by Gasteiger charge is -2.32. The van der Waals surface area contributed by atoms with Crippen molar-refractivity contribution in [1.29, 1.82) is 0 Å². The van der Waals surface area contributed by atoms with E-state index in [-0.39, 0.29) is 24.0 Å². The van der Waals surface area contributed by atoms with Crippen molar-refractivity contribution in [2.45, 2.75) is 39.7 Å². The Morgan fingerprint density at radius 1 is 1.23 bits per heavy atom. The van der Waals surface area contributed by atoms with Crippen molar-refractivity contribution in [3.63, 3.8) is 0 Å². The number of halogens is 1. The quantitative estimate of drug-likeness (QED) is 0.314. The van der Waals surface area contributed by atoms with Gasteiger partial charge in [0.25, 0.3) is 0 Å². The summed E-state index contributed by atoms with van der Waals surface area (Å²) in [5, 5.41) is 6.91. The predicted octanol–water partition coefficient (Wildman–Crippen LogP) is 3.34. The third-order valence-corrected chi connectivity index (χ3v) is 5.89. The minimum atomic E-state index is 0. The van der Waals surface area contributed by atoms with Crippen LogP contribution in [0.15, 0.2) is 17.1 Å². The molecule has 2 rings (SSSR count). The molecule has 0 bridgehead atoms. The molecule has 0 amide bonds. The van der Waals surface area contributed by atoms with E-state index < -0.39 is 0 Å². The second-order valence-electron chi connectivity index (χ2n) is 6.58. The van der Waals surface area contributed by atoms with Gasteiger partial charge in [-0.3, -0.25) is 0 Å². The second-order valence-corrected chi connectivity index (χ2v) is 7.83. The number of likely N-dealkylation sites (tertiary alicyclic amines) is 1. The molecule has 1 aliphatic heterocycles. The number of piperidine rings is 1. The van der Waals surface area contributed by atoms with Crippen LogP contribution in [0.4, 0.5) is 0 Å². The Bertz CT molecular complexity index is 515. The molecule has 150 valence electrons. The van der Waals surface area contributed by atoms with Gasteiger partial charge in [-0.2, -0.15) is 0 Å². The van der Waals surface area contributed by atoms with Gasteiger partial charge in [-0.25, -0.2) is 4.99 Å². The van der Waals surface area contributed by atoms with E-state index in [9.17, 15) is 0 Å². The third kappa shape index (κ3) is 8.54. The molecule has 0 aromatic carbocycles. The molecule has 0 atom stereocenters.